The van der Waals surface area contributed by atoms with E-state index in [4.69, 9.17) is 33.7 Å². The van der Waals surface area contributed by atoms with E-state index >= 15 is 0 Å². The number of rotatable bonds is 3. The molecule has 1 amide bonds. The van der Waals surface area contributed by atoms with Gasteiger partial charge in [0.15, 0.2) is 11.6 Å². The molecule has 5 N–H and O–H groups in total. The number of nitrogens with one attached hydrogen (secondary N) is 1. The van der Waals surface area contributed by atoms with Gasteiger partial charge in [-0.05, 0) is 77.0 Å². The van der Waals surface area contributed by atoms with Crippen LogP contribution in [0.15, 0.2) is 48.5 Å². The number of nitrogens with two attached hydrogens (primary N) is 1. The van der Waals surface area contributed by atoms with Crippen LogP contribution in [-0.4, -0.2) is 45.7 Å². The molecule has 2 saturated carbocycles. The lowest BCUT2D eigenvalue weighted by atomic mass is 9.74. The molecule has 236 valence electrons. The van der Waals surface area contributed by atoms with Crippen molar-refractivity contribution < 1.29 is 29.3 Å². The first kappa shape index (κ1) is 40.1. The van der Waals surface area contributed by atoms with Gasteiger partial charge in [0.2, 0.25) is 0 Å². The number of carbonyl (C=O) groups excluding carboxylic acids is 3. The van der Waals surface area contributed by atoms with Crippen molar-refractivity contribution in [2.75, 3.05) is 0 Å². The lowest BCUT2D eigenvalue weighted by Crippen LogP contribution is -2.58. The van der Waals surface area contributed by atoms with Gasteiger partial charge in [-0.2, -0.15) is 0 Å². The summed E-state index contributed by atoms with van der Waals surface area (Å²) in [6.45, 7) is 5.23. The third kappa shape index (κ3) is 9.05. The average molecular weight is 668 g/mol. The number of ether oxygens (including phenoxy) is 1. The lowest BCUT2D eigenvalue weighted by Gasteiger charge is -2.39. The molecule has 2 aliphatic carbocycles. The molecule has 2 fully saturated rings. The number of carbonyl (C=O) groups is 3. The highest BCUT2D eigenvalue weighted by Gasteiger charge is 2.48. The van der Waals surface area contributed by atoms with Crippen molar-refractivity contribution in [3.8, 4) is 0 Å². The Morgan fingerprint density at radius 3 is 1.83 bits per heavy atom. The fourth-order valence-corrected chi connectivity index (χ4v) is 5.66. The molecule has 42 heavy (non-hydrogen) atoms. The molecule has 0 aromatic heterocycles. The van der Waals surface area contributed by atoms with Crippen LogP contribution in [0.5, 0.6) is 0 Å². The molecule has 12 heteroatoms. The number of amides is 1. The molecule has 2 aliphatic rings. The zero-order valence-corrected chi connectivity index (χ0v) is 26.3. The first-order chi connectivity index (χ1) is 18.2. The van der Waals surface area contributed by atoms with E-state index in [0.29, 0.717) is 53.3 Å². The number of Topliss-reactive ketones (excluding diaryl/α,β-unsaturated/α-hetero) is 2. The fraction of sp³-hybridized carbons (Fsp3) is 0.500. The Labute approximate surface area is 270 Å². The van der Waals surface area contributed by atoms with Crippen molar-refractivity contribution >= 4 is 65.7 Å². The molecule has 0 unspecified atom stereocenters. The van der Waals surface area contributed by atoms with Crippen LogP contribution in [0.1, 0.15) is 77.8 Å². The van der Waals surface area contributed by atoms with E-state index in [1.54, 1.807) is 69.3 Å². The van der Waals surface area contributed by atoms with E-state index in [1.807, 2.05) is 0 Å². The topological polar surface area (TPSA) is 139 Å². The SMILES string of the molecule is C.CC(C)(C)OC(=O)N[C@@]1(c2ccccc2Cl)CCC[C@@H](O)C1=O.Cl.Cl.N[C@@]1(c2ccccc2Cl)CCC[C@@H](O)C1=O. The highest BCUT2D eigenvalue weighted by atomic mass is 35.5. The predicted octanol–water partition coefficient (Wildman–Crippen LogP) is 6.26. The molecule has 0 radical (unpaired) electrons. The molecule has 0 spiro atoms. The molecule has 2 aromatic carbocycles. The Balaban J connectivity index is 0.000000786. The monoisotopic (exact) mass is 666 g/mol. The fourth-order valence-electron chi connectivity index (χ4n) is 5.06. The maximum Gasteiger partial charge on any atom is 0.408 e. The van der Waals surface area contributed by atoms with Crippen LogP contribution in [0, 0.1) is 0 Å². The van der Waals surface area contributed by atoms with E-state index in [9.17, 15) is 24.6 Å². The summed E-state index contributed by atoms with van der Waals surface area (Å²) in [6, 6.07) is 13.9. The Hall–Kier alpha value is -1.91. The maximum atomic E-state index is 12.7. The third-order valence-corrected chi connectivity index (χ3v) is 7.61. The zero-order chi connectivity index (χ0) is 29.0. The van der Waals surface area contributed by atoms with Crippen molar-refractivity contribution in [1.29, 1.82) is 0 Å². The zero-order valence-electron chi connectivity index (χ0n) is 23.2. The molecule has 0 saturated heterocycles. The van der Waals surface area contributed by atoms with Gasteiger partial charge in [-0.25, -0.2) is 4.79 Å². The molecule has 0 heterocycles. The Morgan fingerprint density at radius 1 is 0.881 bits per heavy atom. The van der Waals surface area contributed by atoms with Gasteiger partial charge in [-0.15, -0.1) is 24.8 Å². The van der Waals surface area contributed by atoms with E-state index in [-0.39, 0.29) is 38.0 Å². The number of hydrogen-bond donors (Lipinski definition) is 4. The number of aliphatic hydroxyl groups is 2. The molecular formula is C30H42Cl4N2O6. The number of alkyl carbamates (subject to hydrolysis) is 1. The van der Waals surface area contributed by atoms with Gasteiger partial charge in [-0.1, -0.05) is 67.0 Å². The van der Waals surface area contributed by atoms with Crippen LogP contribution in [0.25, 0.3) is 0 Å². The normalized spacial score (nSPS) is 25.3. The third-order valence-electron chi connectivity index (χ3n) is 6.95. The van der Waals surface area contributed by atoms with Gasteiger partial charge < -0.3 is 26.0 Å². The van der Waals surface area contributed by atoms with Crippen molar-refractivity contribution in [3.05, 3.63) is 69.7 Å². The van der Waals surface area contributed by atoms with Gasteiger partial charge in [0.05, 0.1) is 0 Å². The van der Waals surface area contributed by atoms with Crippen molar-refractivity contribution in [1.82, 2.24) is 5.32 Å². The van der Waals surface area contributed by atoms with Crippen LogP contribution >= 0.6 is 48.0 Å². The van der Waals surface area contributed by atoms with Crippen LogP contribution < -0.4 is 11.1 Å². The molecule has 2 aromatic rings. The maximum absolute atomic E-state index is 12.7. The van der Waals surface area contributed by atoms with Crippen LogP contribution in [0.3, 0.4) is 0 Å². The van der Waals surface area contributed by atoms with Gasteiger partial charge in [0.1, 0.15) is 28.9 Å². The minimum atomic E-state index is -1.36. The molecule has 8 nitrogen and oxygen atoms in total. The van der Waals surface area contributed by atoms with Gasteiger partial charge in [0.25, 0.3) is 0 Å². The minimum absolute atomic E-state index is 0. The Kier molecular flexibility index (Phi) is 15.5. The summed E-state index contributed by atoms with van der Waals surface area (Å²) in [5.74, 6) is -0.783. The van der Waals surface area contributed by atoms with Gasteiger partial charge >= 0.3 is 6.09 Å². The number of halogens is 4. The molecular weight excluding hydrogens is 626 g/mol. The second-order valence-electron chi connectivity index (χ2n) is 11.0. The molecule has 0 bridgehead atoms. The van der Waals surface area contributed by atoms with E-state index in [1.165, 1.54) is 0 Å². The largest absolute Gasteiger partial charge is 0.444 e. The highest BCUT2D eigenvalue weighted by molar-refractivity contribution is 6.32. The van der Waals surface area contributed by atoms with Crippen LogP contribution in [0.2, 0.25) is 10.0 Å². The summed E-state index contributed by atoms with van der Waals surface area (Å²) in [4.78, 5) is 36.9. The number of hydrogen-bond acceptors (Lipinski definition) is 7. The number of ketones is 2. The summed E-state index contributed by atoms with van der Waals surface area (Å²) in [5, 5.41) is 23.1. The van der Waals surface area contributed by atoms with Crippen molar-refractivity contribution in [2.45, 2.75) is 95.6 Å². The van der Waals surface area contributed by atoms with Crippen molar-refractivity contribution in [3.63, 3.8) is 0 Å². The average Bonchev–Trinajstić information content (AvgIpc) is 2.85. The summed E-state index contributed by atoms with van der Waals surface area (Å²) in [5.41, 5.74) is 4.03. The standard InChI is InChI=1S/C17H22ClNO4.C12H14ClNO2.CH4.2ClH/c1-16(2,3)23-15(22)19-17(10-6-9-13(20)14(17)21)11-7-4-5-8-12(11)18;13-9-5-2-1-4-8(9)12(14)7-3-6-10(15)11(12)16;;;/h4-5,7-8,13,20H,6,9-10H2,1-3H3,(H,19,22);1-2,4-5,10,15H,3,6-7,14H2;1H4;2*1H/t13-,17-;10-,12-;;;/m11.../s1. The lowest BCUT2D eigenvalue weighted by molar-refractivity contribution is -0.138. The second kappa shape index (κ2) is 16.2. The minimum Gasteiger partial charge on any atom is -0.444 e. The molecule has 4 rings (SSSR count). The predicted molar refractivity (Wildman–Crippen MR) is 171 cm³/mol. The van der Waals surface area contributed by atoms with E-state index in [0.717, 1.165) is 6.42 Å². The van der Waals surface area contributed by atoms with Crippen LogP contribution in [0.4, 0.5) is 4.79 Å². The summed E-state index contributed by atoms with van der Waals surface area (Å²) < 4.78 is 5.28. The van der Waals surface area contributed by atoms with Crippen LogP contribution in [-0.2, 0) is 25.4 Å². The summed E-state index contributed by atoms with van der Waals surface area (Å²) in [7, 11) is 0. The number of benzene rings is 2. The second-order valence-corrected chi connectivity index (χ2v) is 11.8. The first-order valence-electron chi connectivity index (χ1n) is 13.0. The Bertz CT molecular complexity index is 1220. The number of aliphatic hydroxyl groups excluding tert-OH is 2. The molecule has 4 atom stereocenters. The summed E-state index contributed by atoms with van der Waals surface area (Å²) >= 11 is 12.3. The van der Waals surface area contributed by atoms with Gasteiger partial charge in [-0.3, -0.25) is 9.59 Å². The van der Waals surface area contributed by atoms with E-state index < -0.39 is 40.8 Å². The smallest absolute Gasteiger partial charge is 0.408 e. The first-order valence-corrected chi connectivity index (χ1v) is 13.7. The highest BCUT2D eigenvalue weighted by Crippen LogP contribution is 2.39. The summed E-state index contributed by atoms with van der Waals surface area (Å²) in [6.07, 6.45) is 0.287. The van der Waals surface area contributed by atoms with Crippen molar-refractivity contribution in [2.24, 2.45) is 5.73 Å². The van der Waals surface area contributed by atoms with Gasteiger partial charge in [0, 0.05) is 15.6 Å². The Morgan fingerprint density at radius 2 is 1.33 bits per heavy atom. The molecule has 0 aliphatic heterocycles. The quantitative estimate of drug-likeness (QED) is 0.303. The van der Waals surface area contributed by atoms with E-state index in [2.05, 4.69) is 5.32 Å².